The van der Waals surface area contributed by atoms with Crippen LogP contribution in [0, 0.1) is 0 Å². The zero-order valence-corrected chi connectivity index (χ0v) is 12.1. The molecule has 1 aromatic rings. The average Bonchev–Trinajstić information content (AvgIpc) is 2.40. The molecular formula is C14H19Cl2NO. The third-order valence-electron chi connectivity index (χ3n) is 3.35. The summed E-state index contributed by atoms with van der Waals surface area (Å²) in [4.78, 5) is 0. The summed E-state index contributed by atoms with van der Waals surface area (Å²) in [6.07, 6.45) is 3.92. The molecule has 0 bridgehead atoms. The van der Waals surface area contributed by atoms with Gasteiger partial charge in [-0.15, -0.1) is 0 Å². The van der Waals surface area contributed by atoms with Crippen molar-refractivity contribution in [2.75, 3.05) is 13.2 Å². The molecule has 1 aliphatic rings. The van der Waals surface area contributed by atoms with Gasteiger partial charge >= 0.3 is 0 Å². The van der Waals surface area contributed by atoms with Gasteiger partial charge in [0.1, 0.15) is 0 Å². The van der Waals surface area contributed by atoms with Crippen molar-refractivity contribution in [2.45, 2.75) is 38.3 Å². The van der Waals surface area contributed by atoms with Crippen molar-refractivity contribution in [3.05, 3.63) is 33.8 Å². The molecule has 0 aliphatic carbocycles. The van der Waals surface area contributed by atoms with Crippen LogP contribution in [0.25, 0.3) is 0 Å². The second kappa shape index (κ2) is 6.76. The Morgan fingerprint density at radius 2 is 2.22 bits per heavy atom. The van der Waals surface area contributed by atoms with Gasteiger partial charge in [-0.2, -0.15) is 0 Å². The maximum Gasteiger partial charge on any atom is 0.0699 e. The van der Waals surface area contributed by atoms with Crippen molar-refractivity contribution < 1.29 is 4.74 Å². The molecular weight excluding hydrogens is 269 g/mol. The lowest BCUT2D eigenvalue weighted by atomic mass is 10.1. The number of halogens is 2. The number of hydrogen-bond donors (Lipinski definition) is 1. The van der Waals surface area contributed by atoms with Crippen LogP contribution in [0.5, 0.6) is 0 Å². The van der Waals surface area contributed by atoms with E-state index in [4.69, 9.17) is 27.9 Å². The second-order valence-corrected chi connectivity index (χ2v) is 5.63. The van der Waals surface area contributed by atoms with Crippen molar-refractivity contribution in [3.8, 4) is 0 Å². The highest BCUT2D eigenvalue weighted by molar-refractivity contribution is 6.33. The molecule has 0 amide bonds. The topological polar surface area (TPSA) is 21.3 Å². The van der Waals surface area contributed by atoms with E-state index in [1.165, 1.54) is 12.8 Å². The van der Waals surface area contributed by atoms with E-state index in [9.17, 15) is 0 Å². The van der Waals surface area contributed by atoms with Crippen LogP contribution in [-0.4, -0.2) is 19.3 Å². The van der Waals surface area contributed by atoms with E-state index in [1.54, 1.807) is 0 Å². The van der Waals surface area contributed by atoms with E-state index in [1.807, 2.05) is 18.2 Å². The Hall–Kier alpha value is -0.280. The van der Waals surface area contributed by atoms with Crippen molar-refractivity contribution in [2.24, 2.45) is 0 Å². The van der Waals surface area contributed by atoms with Crippen LogP contribution in [0.4, 0.5) is 0 Å². The molecule has 4 heteroatoms. The SMILES string of the molecule is CC(NCC1CCCCO1)c1cc(Cl)ccc1Cl. The summed E-state index contributed by atoms with van der Waals surface area (Å²) in [7, 11) is 0. The summed E-state index contributed by atoms with van der Waals surface area (Å²) in [6, 6.07) is 5.75. The van der Waals surface area contributed by atoms with Crippen molar-refractivity contribution in [3.63, 3.8) is 0 Å². The molecule has 1 heterocycles. The highest BCUT2D eigenvalue weighted by atomic mass is 35.5. The zero-order chi connectivity index (χ0) is 13.0. The number of benzene rings is 1. The first kappa shape index (κ1) is 14.1. The molecule has 1 aliphatic heterocycles. The third kappa shape index (κ3) is 3.86. The molecule has 1 saturated heterocycles. The van der Waals surface area contributed by atoms with Crippen LogP contribution in [0.15, 0.2) is 18.2 Å². The van der Waals surface area contributed by atoms with Crippen LogP contribution >= 0.6 is 23.2 Å². The van der Waals surface area contributed by atoms with Gasteiger partial charge < -0.3 is 10.1 Å². The fourth-order valence-corrected chi connectivity index (χ4v) is 2.69. The van der Waals surface area contributed by atoms with E-state index in [-0.39, 0.29) is 6.04 Å². The summed E-state index contributed by atoms with van der Waals surface area (Å²) >= 11 is 12.2. The lowest BCUT2D eigenvalue weighted by Gasteiger charge is -2.25. The molecule has 0 saturated carbocycles. The van der Waals surface area contributed by atoms with Gasteiger partial charge in [0.2, 0.25) is 0 Å². The first-order valence-corrected chi connectivity index (χ1v) is 7.22. The summed E-state index contributed by atoms with van der Waals surface area (Å²) in [5, 5.41) is 4.94. The van der Waals surface area contributed by atoms with Crippen molar-refractivity contribution in [1.29, 1.82) is 0 Å². The lowest BCUT2D eigenvalue weighted by Crippen LogP contribution is -2.33. The van der Waals surface area contributed by atoms with Crippen molar-refractivity contribution in [1.82, 2.24) is 5.32 Å². The van der Waals surface area contributed by atoms with Gasteiger partial charge in [-0.1, -0.05) is 23.2 Å². The Morgan fingerprint density at radius 1 is 1.39 bits per heavy atom. The quantitative estimate of drug-likeness (QED) is 0.896. The van der Waals surface area contributed by atoms with Crippen molar-refractivity contribution >= 4 is 23.2 Å². The Bertz CT molecular complexity index is 391. The Balaban J connectivity index is 1.90. The highest BCUT2D eigenvalue weighted by Crippen LogP contribution is 2.26. The fraction of sp³-hybridized carbons (Fsp3) is 0.571. The molecule has 2 atom stereocenters. The largest absolute Gasteiger partial charge is 0.377 e. The van der Waals surface area contributed by atoms with E-state index >= 15 is 0 Å². The molecule has 2 nitrogen and oxygen atoms in total. The van der Waals surface area contributed by atoms with Crippen LogP contribution < -0.4 is 5.32 Å². The van der Waals surface area contributed by atoms with Gasteiger partial charge in [-0.25, -0.2) is 0 Å². The minimum Gasteiger partial charge on any atom is -0.377 e. The fourth-order valence-electron chi connectivity index (χ4n) is 2.23. The second-order valence-electron chi connectivity index (χ2n) is 4.78. The van der Waals surface area contributed by atoms with E-state index in [0.29, 0.717) is 6.10 Å². The summed E-state index contributed by atoms with van der Waals surface area (Å²) in [5.41, 5.74) is 1.04. The molecule has 1 N–H and O–H groups in total. The molecule has 0 aromatic heterocycles. The maximum atomic E-state index is 6.18. The normalized spacial score (nSPS) is 21.8. The summed E-state index contributed by atoms with van der Waals surface area (Å²) < 4.78 is 5.70. The predicted octanol–water partition coefficient (Wildman–Crippen LogP) is 4.21. The van der Waals surface area contributed by atoms with Crippen LogP contribution in [0.2, 0.25) is 10.0 Å². The first-order chi connectivity index (χ1) is 8.66. The minimum atomic E-state index is 0.182. The maximum absolute atomic E-state index is 6.18. The molecule has 1 fully saturated rings. The summed E-state index contributed by atoms with van der Waals surface area (Å²) in [5.74, 6) is 0. The molecule has 100 valence electrons. The van der Waals surface area contributed by atoms with Crippen LogP contribution in [0.3, 0.4) is 0 Å². The number of rotatable bonds is 4. The molecule has 0 radical (unpaired) electrons. The standard InChI is InChI=1S/C14H19Cl2NO/c1-10(13-8-11(15)5-6-14(13)16)17-9-12-4-2-3-7-18-12/h5-6,8,10,12,17H,2-4,7,9H2,1H3. The van der Waals surface area contributed by atoms with E-state index in [0.717, 1.165) is 35.2 Å². The first-order valence-electron chi connectivity index (χ1n) is 6.47. The van der Waals surface area contributed by atoms with Crippen LogP contribution in [-0.2, 0) is 4.74 Å². The predicted molar refractivity (Wildman–Crippen MR) is 76.5 cm³/mol. The van der Waals surface area contributed by atoms with Gasteiger partial charge in [0, 0.05) is 29.2 Å². The number of nitrogens with one attached hydrogen (secondary N) is 1. The molecule has 2 unspecified atom stereocenters. The van der Waals surface area contributed by atoms with E-state index < -0.39 is 0 Å². The average molecular weight is 288 g/mol. The van der Waals surface area contributed by atoms with Gasteiger partial charge in [0.25, 0.3) is 0 Å². The monoisotopic (exact) mass is 287 g/mol. The number of hydrogen-bond acceptors (Lipinski definition) is 2. The Kier molecular flexibility index (Phi) is 5.31. The van der Waals surface area contributed by atoms with E-state index in [2.05, 4.69) is 12.2 Å². The lowest BCUT2D eigenvalue weighted by molar-refractivity contribution is 0.0156. The molecule has 1 aromatic carbocycles. The van der Waals surface area contributed by atoms with Gasteiger partial charge in [0.05, 0.1) is 6.10 Å². The van der Waals surface area contributed by atoms with Gasteiger partial charge in [-0.3, -0.25) is 0 Å². The summed E-state index contributed by atoms with van der Waals surface area (Å²) in [6.45, 7) is 3.85. The third-order valence-corrected chi connectivity index (χ3v) is 3.93. The van der Waals surface area contributed by atoms with Crippen LogP contribution in [0.1, 0.15) is 37.8 Å². The molecule has 2 rings (SSSR count). The number of ether oxygens (including phenoxy) is 1. The Labute approximate surface area is 119 Å². The zero-order valence-electron chi connectivity index (χ0n) is 10.6. The molecule has 0 spiro atoms. The van der Waals surface area contributed by atoms with Gasteiger partial charge in [-0.05, 0) is 49.9 Å². The smallest absolute Gasteiger partial charge is 0.0699 e. The minimum absolute atomic E-state index is 0.182. The van der Waals surface area contributed by atoms with Gasteiger partial charge in [0.15, 0.2) is 0 Å². The molecule has 18 heavy (non-hydrogen) atoms. The highest BCUT2D eigenvalue weighted by Gasteiger charge is 2.16. The Morgan fingerprint density at radius 3 is 2.94 bits per heavy atom.